The number of rotatable bonds is 6. The summed E-state index contributed by atoms with van der Waals surface area (Å²) in [5.74, 6) is 0.854. The van der Waals surface area contributed by atoms with Crippen LogP contribution in [-0.4, -0.2) is 13.7 Å². The molecule has 2 rings (SSSR count). The van der Waals surface area contributed by atoms with E-state index in [0.717, 1.165) is 29.3 Å². The van der Waals surface area contributed by atoms with E-state index in [1.54, 1.807) is 7.11 Å². The van der Waals surface area contributed by atoms with Crippen LogP contribution in [0.5, 0.6) is 5.75 Å². The van der Waals surface area contributed by atoms with Crippen LogP contribution < -0.4 is 10.1 Å². The molecule has 0 heterocycles. The van der Waals surface area contributed by atoms with Gasteiger partial charge in [-0.2, -0.15) is 0 Å². The first kappa shape index (κ1) is 15.9. The van der Waals surface area contributed by atoms with Crippen molar-refractivity contribution in [3.63, 3.8) is 0 Å². The summed E-state index contributed by atoms with van der Waals surface area (Å²) in [7, 11) is 1.69. The zero-order chi connectivity index (χ0) is 15.2. The van der Waals surface area contributed by atoms with E-state index < -0.39 is 0 Å². The lowest BCUT2D eigenvalue weighted by Crippen LogP contribution is -2.22. The molecule has 21 heavy (non-hydrogen) atoms. The summed E-state index contributed by atoms with van der Waals surface area (Å²) in [6.45, 7) is 5.14. The van der Waals surface area contributed by atoms with Gasteiger partial charge in [-0.25, -0.2) is 0 Å². The zero-order valence-electron chi connectivity index (χ0n) is 12.8. The standard InChI is InChI=1S/C18H22ClNO/c1-4-13-7-6-8-14(11-13)18(20-5-2)16-12-15(19)9-10-17(16)21-3/h6-12,18,20H,4-5H2,1-3H3. The molecule has 0 amide bonds. The predicted octanol–water partition coefficient (Wildman–Crippen LogP) is 4.61. The van der Waals surface area contributed by atoms with Gasteiger partial charge in [-0.05, 0) is 42.3 Å². The quantitative estimate of drug-likeness (QED) is 0.841. The van der Waals surface area contributed by atoms with Gasteiger partial charge in [0.2, 0.25) is 0 Å². The number of methoxy groups -OCH3 is 1. The minimum Gasteiger partial charge on any atom is -0.496 e. The van der Waals surface area contributed by atoms with Crippen LogP contribution in [0.1, 0.15) is 36.6 Å². The van der Waals surface area contributed by atoms with Crippen LogP contribution in [0.4, 0.5) is 0 Å². The third-order valence-corrected chi connectivity index (χ3v) is 3.84. The second kappa shape index (κ2) is 7.48. The molecule has 0 fully saturated rings. The van der Waals surface area contributed by atoms with Crippen LogP contribution in [0, 0.1) is 0 Å². The topological polar surface area (TPSA) is 21.3 Å². The highest BCUT2D eigenvalue weighted by Gasteiger charge is 2.18. The molecule has 1 unspecified atom stereocenters. The number of ether oxygens (including phenoxy) is 1. The molecule has 0 spiro atoms. The van der Waals surface area contributed by atoms with E-state index in [1.807, 2.05) is 18.2 Å². The fourth-order valence-corrected chi connectivity index (χ4v) is 2.72. The van der Waals surface area contributed by atoms with Gasteiger partial charge in [0.25, 0.3) is 0 Å². The molecule has 2 nitrogen and oxygen atoms in total. The third kappa shape index (κ3) is 3.78. The number of hydrogen-bond donors (Lipinski definition) is 1. The molecule has 0 aromatic heterocycles. The van der Waals surface area contributed by atoms with Gasteiger partial charge in [0, 0.05) is 10.6 Å². The highest BCUT2D eigenvalue weighted by Crippen LogP contribution is 2.32. The molecule has 3 heteroatoms. The fraction of sp³-hybridized carbons (Fsp3) is 0.333. The molecule has 2 aromatic carbocycles. The molecule has 0 bridgehead atoms. The number of aryl methyl sites for hydroxylation is 1. The summed E-state index contributed by atoms with van der Waals surface area (Å²) in [6.07, 6.45) is 1.03. The van der Waals surface area contributed by atoms with Crippen LogP contribution in [0.25, 0.3) is 0 Å². The number of benzene rings is 2. The minimum absolute atomic E-state index is 0.0788. The third-order valence-electron chi connectivity index (χ3n) is 3.60. The van der Waals surface area contributed by atoms with Crippen molar-refractivity contribution in [3.05, 3.63) is 64.2 Å². The van der Waals surface area contributed by atoms with Crippen molar-refractivity contribution in [1.82, 2.24) is 5.32 Å². The van der Waals surface area contributed by atoms with Crippen molar-refractivity contribution < 1.29 is 4.74 Å². The highest BCUT2D eigenvalue weighted by atomic mass is 35.5. The van der Waals surface area contributed by atoms with Gasteiger partial charge in [0.1, 0.15) is 5.75 Å². The van der Waals surface area contributed by atoms with Crippen LogP contribution in [0.2, 0.25) is 5.02 Å². The van der Waals surface area contributed by atoms with Crippen molar-refractivity contribution in [1.29, 1.82) is 0 Å². The van der Waals surface area contributed by atoms with E-state index in [-0.39, 0.29) is 6.04 Å². The van der Waals surface area contributed by atoms with Crippen LogP contribution in [0.3, 0.4) is 0 Å². The van der Waals surface area contributed by atoms with Crippen LogP contribution in [0.15, 0.2) is 42.5 Å². The van der Waals surface area contributed by atoms with Crippen molar-refractivity contribution in [2.45, 2.75) is 26.3 Å². The first-order valence-electron chi connectivity index (χ1n) is 7.35. The summed E-state index contributed by atoms with van der Waals surface area (Å²) in [5, 5.41) is 4.25. The molecular weight excluding hydrogens is 282 g/mol. The fourth-order valence-electron chi connectivity index (χ4n) is 2.53. The van der Waals surface area contributed by atoms with E-state index in [2.05, 4.69) is 43.4 Å². The Morgan fingerprint density at radius 1 is 1.14 bits per heavy atom. The molecule has 0 aliphatic heterocycles. The van der Waals surface area contributed by atoms with Gasteiger partial charge in [0.05, 0.1) is 13.2 Å². The van der Waals surface area contributed by atoms with Crippen LogP contribution in [-0.2, 0) is 6.42 Å². The Hall–Kier alpha value is -1.51. The van der Waals surface area contributed by atoms with Crippen molar-refractivity contribution in [3.8, 4) is 5.75 Å². The van der Waals surface area contributed by atoms with Crippen molar-refractivity contribution in [2.24, 2.45) is 0 Å². The average molecular weight is 304 g/mol. The summed E-state index contributed by atoms with van der Waals surface area (Å²) in [4.78, 5) is 0. The van der Waals surface area contributed by atoms with Crippen molar-refractivity contribution >= 4 is 11.6 Å². The Labute approximate surface area is 132 Å². The highest BCUT2D eigenvalue weighted by molar-refractivity contribution is 6.30. The summed E-state index contributed by atoms with van der Waals surface area (Å²) in [6, 6.07) is 14.5. The summed E-state index contributed by atoms with van der Waals surface area (Å²) >= 11 is 6.18. The molecule has 0 saturated carbocycles. The first-order chi connectivity index (χ1) is 10.2. The van der Waals surface area contributed by atoms with Gasteiger partial charge in [-0.3, -0.25) is 0 Å². The van der Waals surface area contributed by atoms with E-state index in [0.29, 0.717) is 0 Å². The average Bonchev–Trinajstić information content (AvgIpc) is 2.52. The second-order valence-electron chi connectivity index (χ2n) is 4.98. The number of halogens is 1. The monoisotopic (exact) mass is 303 g/mol. The molecule has 0 aliphatic carbocycles. The summed E-state index contributed by atoms with van der Waals surface area (Å²) < 4.78 is 5.51. The molecular formula is C18H22ClNO. The van der Waals surface area contributed by atoms with Gasteiger partial charge in [0.15, 0.2) is 0 Å². The van der Waals surface area contributed by atoms with Gasteiger partial charge in [-0.1, -0.05) is 49.7 Å². The Bertz CT molecular complexity index is 598. The van der Waals surface area contributed by atoms with E-state index in [1.165, 1.54) is 11.1 Å². The molecule has 1 atom stereocenters. The Balaban J connectivity index is 2.49. The Kier molecular flexibility index (Phi) is 5.66. The maximum Gasteiger partial charge on any atom is 0.124 e. The number of hydrogen-bond acceptors (Lipinski definition) is 2. The zero-order valence-corrected chi connectivity index (χ0v) is 13.6. The molecule has 2 aromatic rings. The van der Waals surface area contributed by atoms with Gasteiger partial charge < -0.3 is 10.1 Å². The smallest absolute Gasteiger partial charge is 0.124 e. The number of nitrogens with one attached hydrogen (secondary N) is 1. The largest absolute Gasteiger partial charge is 0.496 e. The first-order valence-corrected chi connectivity index (χ1v) is 7.73. The Morgan fingerprint density at radius 3 is 2.62 bits per heavy atom. The molecule has 0 aliphatic rings. The SMILES string of the molecule is CCNC(c1cccc(CC)c1)c1cc(Cl)ccc1OC. The summed E-state index contributed by atoms with van der Waals surface area (Å²) in [5.41, 5.74) is 3.63. The predicted molar refractivity (Wildman–Crippen MR) is 89.3 cm³/mol. The maximum atomic E-state index is 6.18. The Morgan fingerprint density at radius 2 is 1.95 bits per heavy atom. The normalized spacial score (nSPS) is 12.2. The molecule has 1 N–H and O–H groups in total. The van der Waals surface area contributed by atoms with E-state index in [9.17, 15) is 0 Å². The van der Waals surface area contributed by atoms with Gasteiger partial charge in [-0.15, -0.1) is 0 Å². The lowest BCUT2D eigenvalue weighted by molar-refractivity contribution is 0.404. The van der Waals surface area contributed by atoms with Crippen LogP contribution >= 0.6 is 11.6 Å². The lowest BCUT2D eigenvalue weighted by atomic mass is 9.95. The van der Waals surface area contributed by atoms with Crippen molar-refractivity contribution in [2.75, 3.05) is 13.7 Å². The minimum atomic E-state index is 0.0788. The van der Waals surface area contributed by atoms with E-state index >= 15 is 0 Å². The second-order valence-corrected chi connectivity index (χ2v) is 5.41. The lowest BCUT2D eigenvalue weighted by Gasteiger charge is -2.22. The molecule has 112 valence electrons. The molecule has 0 radical (unpaired) electrons. The molecule has 0 saturated heterocycles. The van der Waals surface area contributed by atoms with Gasteiger partial charge >= 0.3 is 0 Å². The van der Waals surface area contributed by atoms with E-state index in [4.69, 9.17) is 16.3 Å². The maximum absolute atomic E-state index is 6.18.